The summed E-state index contributed by atoms with van der Waals surface area (Å²) in [5.74, 6) is -1.21. The van der Waals surface area contributed by atoms with Crippen molar-refractivity contribution in [3.63, 3.8) is 0 Å². The summed E-state index contributed by atoms with van der Waals surface area (Å²) < 4.78 is 42.4. The number of benzene rings is 1. The first-order chi connectivity index (χ1) is 12.1. The maximum Gasteiger partial charge on any atom is 0.416 e. The molecule has 6 nitrogen and oxygen atoms in total. The van der Waals surface area contributed by atoms with Crippen molar-refractivity contribution < 1.29 is 32.3 Å². The molecule has 0 atom stereocenters. The van der Waals surface area contributed by atoms with Crippen molar-refractivity contribution in [2.75, 3.05) is 26.7 Å². The molecule has 0 aliphatic carbocycles. The van der Waals surface area contributed by atoms with Crippen LogP contribution in [0.1, 0.15) is 35.7 Å². The first-order valence-corrected chi connectivity index (χ1v) is 7.93. The van der Waals surface area contributed by atoms with Crippen LogP contribution in [0.25, 0.3) is 0 Å². The molecular weight excluding hydrogens is 353 g/mol. The van der Waals surface area contributed by atoms with E-state index in [0.717, 1.165) is 24.3 Å². The molecule has 0 aliphatic heterocycles. The molecule has 144 valence electrons. The van der Waals surface area contributed by atoms with Crippen LogP contribution < -0.4 is 5.32 Å². The van der Waals surface area contributed by atoms with Gasteiger partial charge in [-0.2, -0.15) is 13.2 Å². The van der Waals surface area contributed by atoms with E-state index in [2.05, 4.69) is 10.1 Å². The molecule has 1 N–H and O–H groups in total. The van der Waals surface area contributed by atoms with Crippen LogP contribution in [-0.4, -0.2) is 49.4 Å². The number of carbonyl (C=O) groups is 3. The molecule has 0 fully saturated rings. The number of amides is 2. The van der Waals surface area contributed by atoms with Crippen LogP contribution in [0.5, 0.6) is 0 Å². The van der Waals surface area contributed by atoms with Crippen molar-refractivity contribution in [3.05, 3.63) is 35.4 Å². The van der Waals surface area contributed by atoms with Crippen molar-refractivity contribution >= 4 is 17.8 Å². The minimum absolute atomic E-state index is 0.0387. The average Bonchev–Trinajstić information content (AvgIpc) is 2.59. The number of halogens is 3. The zero-order valence-corrected chi connectivity index (χ0v) is 14.6. The van der Waals surface area contributed by atoms with Crippen LogP contribution in [-0.2, 0) is 20.5 Å². The zero-order valence-electron chi connectivity index (χ0n) is 14.6. The highest BCUT2D eigenvalue weighted by Crippen LogP contribution is 2.29. The minimum atomic E-state index is -4.48. The van der Waals surface area contributed by atoms with E-state index < -0.39 is 23.6 Å². The van der Waals surface area contributed by atoms with Gasteiger partial charge in [-0.15, -0.1) is 0 Å². The Balaban J connectivity index is 2.80. The van der Waals surface area contributed by atoms with Gasteiger partial charge in [0.05, 0.1) is 19.1 Å². The SMILES string of the molecule is COC(=O)CCN(CCCNC(C)=O)C(=O)c1ccc(C(F)(F)F)cc1. The van der Waals surface area contributed by atoms with E-state index in [1.807, 2.05) is 0 Å². The van der Waals surface area contributed by atoms with Crippen molar-refractivity contribution in [2.45, 2.75) is 25.9 Å². The van der Waals surface area contributed by atoms with Gasteiger partial charge in [0.2, 0.25) is 5.91 Å². The number of nitrogens with one attached hydrogen (secondary N) is 1. The van der Waals surface area contributed by atoms with Crippen LogP contribution in [0.3, 0.4) is 0 Å². The van der Waals surface area contributed by atoms with Crippen molar-refractivity contribution in [2.24, 2.45) is 0 Å². The van der Waals surface area contributed by atoms with Gasteiger partial charge in [0.1, 0.15) is 0 Å². The van der Waals surface area contributed by atoms with Crippen LogP contribution in [0.4, 0.5) is 13.2 Å². The van der Waals surface area contributed by atoms with Gasteiger partial charge in [0.25, 0.3) is 5.91 Å². The lowest BCUT2D eigenvalue weighted by Crippen LogP contribution is -2.35. The molecule has 1 aromatic rings. The summed E-state index contributed by atoms with van der Waals surface area (Å²) in [6, 6.07) is 3.88. The second kappa shape index (κ2) is 9.79. The summed E-state index contributed by atoms with van der Waals surface area (Å²) in [5, 5.41) is 2.59. The highest BCUT2D eigenvalue weighted by molar-refractivity contribution is 5.94. The van der Waals surface area contributed by atoms with Gasteiger partial charge < -0.3 is 15.0 Å². The van der Waals surface area contributed by atoms with Crippen LogP contribution >= 0.6 is 0 Å². The fourth-order valence-corrected chi connectivity index (χ4v) is 2.16. The first kappa shape index (κ1) is 21.5. The minimum Gasteiger partial charge on any atom is -0.469 e. The molecule has 0 bridgehead atoms. The van der Waals surface area contributed by atoms with E-state index in [1.165, 1.54) is 18.9 Å². The maximum atomic E-state index is 12.6. The molecule has 1 rings (SSSR count). The second-order valence-electron chi connectivity index (χ2n) is 5.53. The monoisotopic (exact) mass is 374 g/mol. The summed E-state index contributed by atoms with van der Waals surface area (Å²) in [7, 11) is 1.22. The Kier molecular flexibility index (Phi) is 8.08. The number of ether oxygens (including phenoxy) is 1. The lowest BCUT2D eigenvalue weighted by Gasteiger charge is -2.22. The Morgan fingerprint density at radius 3 is 2.23 bits per heavy atom. The first-order valence-electron chi connectivity index (χ1n) is 7.93. The van der Waals surface area contributed by atoms with Gasteiger partial charge in [-0.25, -0.2) is 0 Å². The molecule has 1 aromatic carbocycles. The quantitative estimate of drug-likeness (QED) is 0.559. The van der Waals surface area contributed by atoms with Gasteiger partial charge in [0, 0.05) is 32.1 Å². The number of esters is 1. The Labute approximate surface area is 149 Å². The third kappa shape index (κ3) is 7.12. The van der Waals surface area contributed by atoms with Gasteiger partial charge in [-0.1, -0.05) is 0 Å². The lowest BCUT2D eigenvalue weighted by atomic mass is 10.1. The van der Waals surface area contributed by atoms with Crippen LogP contribution in [0.2, 0.25) is 0 Å². The predicted octanol–water partition coefficient (Wildman–Crippen LogP) is 2.24. The van der Waals surface area contributed by atoms with Gasteiger partial charge >= 0.3 is 12.1 Å². The summed E-state index contributed by atoms with van der Waals surface area (Å²) in [5.41, 5.74) is -0.761. The highest BCUT2D eigenvalue weighted by Gasteiger charge is 2.30. The molecule has 0 aromatic heterocycles. The van der Waals surface area contributed by atoms with Crippen LogP contribution in [0, 0.1) is 0 Å². The summed E-state index contributed by atoms with van der Waals surface area (Å²) in [4.78, 5) is 36.1. The Morgan fingerprint density at radius 1 is 1.12 bits per heavy atom. The highest BCUT2D eigenvalue weighted by atomic mass is 19.4. The number of methoxy groups -OCH3 is 1. The normalized spacial score (nSPS) is 11.0. The molecule has 2 amide bonds. The molecule has 0 radical (unpaired) electrons. The number of rotatable bonds is 8. The molecule has 0 unspecified atom stereocenters. The second-order valence-corrected chi connectivity index (χ2v) is 5.53. The third-order valence-electron chi connectivity index (χ3n) is 3.54. The smallest absolute Gasteiger partial charge is 0.416 e. The number of hydrogen-bond donors (Lipinski definition) is 1. The Morgan fingerprint density at radius 2 is 1.73 bits per heavy atom. The molecule has 0 spiro atoms. The summed E-state index contributed by atoms with van der Waals surface area (Å²) in [6.45, 7) is 2.00. The average molecular weight is 374 g/mol. The Hall–Kier alpha value is -2.58. The number of carbonyl (C=O) groups excluding carboxylic acids is 3. The van der Waals surface area contributed by atoms with Gasteiger partial charge in [0.15, 0.2) is 0 Å². The number of alkyl halides is 3. The van der Waals surface area contributed by atoms with Crippen molar-refractivity contribution in [1.82, 2.24) is 10.2 Å². The third-order valence-corrected chi connectivity index (χ3v) is 3.54. The van der Waals surface area contributed by atoms with Crippen molar-refractivity contribution in [1.29, 1.82) is 0 Å². The van der Waals surface area contributed by atoms with Crippen molar-refractivity contribution in [3.8, 4) is 0 Å². The summed E-state index contributed by atoms with van der Waals surface area (Å²) >= 11 is 0. The standard InChI is InChI=1S/C17H21F3N2O4/c1-12(23)21-9-3-10-22(11-8-15(24)26-2)16(25)13-4-6-14(7-5-13)17(18,19)20/h4-7H,3,8-11H2,1-2H3,(H,21,23). The summed E-state index contributed by atoms with van der Waals surface area (Å²) in [6.07, 6.45) is -4.08. The maximum absolute atomic E-state index is 12.6. The van der Waals surface area contributed by atoms with E-state index in [4.69, 9.17) is 0 Å². The molecule has 0 heterocycles. The van der Waals surface area contributed by atoms with Gasteiger partial charge in [-0.3, -0.25) is 14.4 Å². The van der Waals surface area contributed by atoms with E-state index >= 15 is 0 Å². The van der Waals surface area contributed by atoms with E-state index in [-0.39, 0.29) is 31.0 Å². The predicted molar refractivity (Wildman–Crippen MR) is 87.3 cm³/mol. The van der Waals surface area contributed by atoms with Crippen LogP contribution in [0.15, 0.2) is 24.3 Å². The number of nitrogens with zero attached hydrogens (tertiary/aromatic N) is 1. The van der Waals surface area contributed by atoms with Gasteiger partial charge in [-0.05, 0) is 30.7 Å². The molecule has 0 saturated carbocycles. The topological polar surface area (TPSA) is 75.7 Å². The molecule has 9 heteroatoms. The largest absolute Gasteiger partial charge is 0.469 e. The van der Waals surface area contributed by atoms with E-state index in [9.17, 15) is 27.6 Å². The zero-order chi connectivity index (χ0) is 19.7. The fourth-order valence-electron chi connectivity index (χ4n) is 2.16. The Bertz CT molecular complexity index is 630. The molecule has 26 heavy (non-hydrogen) atoms. The number of hydrogen-bond acceptors (Lipinski definition) is 4. The molecular formula is C17H21F3N2O4. The van der Waals surface area contributed by atoms with E-state index in [1.54, 1.807) is 0 Å². The fraction of sp³-hybridized carbons (Fsp3) is 0.471. The molecule has 0 aliphatic rings. The lowest BCUT2D eigenvalue weighted by molar-refractivity contribution is -0.141. The molecule has 0 saturated heterocycles. The van der Waals surface area contributed by atoms with E-state index in [0.29, 0.717) is 13.0 Å².